The van der Waals surface area contributed by atoms with Gasteiger partial charge in [0.15, 0.2) is 5.69 Å². The standard InChI is InChI=1S/C16H12ClN5O4/c17-9-4-5-11-12(7-9)20-16(24)14(19-11)13(21-18)15(23)8-2-1-3-10(6-8)22(25)26/h1-7,15,23H,18H2,(H,20,24). The quantitative estimate of drug-likeness (QED) is 0.275. The highest BCUT2D eigenvalue weighted by atomic mass is 35.5. The first-order valence-corrected chi connectivity index (χ1v) is 7.68. The minimum atomic E-state index is -1.47. The van der Waals surface area contributed by atoms with E-state index >= 15 is 0 Å². The first-order chi connectivity index (χ1) is 12.4. The van der Waals surface area contributed by atoms with Crippen LogP contribution in [0.1, 0.15) is 17.4 Å². The number of benzene rings is 2. The fraction of sp³-hybridized carbons (Fsp3) is 0.0625. The number of hydrogen-bond acceptors (Lipinski definition) is 7. The van der Waals surface area contributed by atoms with E-state index in [1.807, 2.05) is 0 Å². The summed E-state index contributed by atoms with van der Waals surface area (Å²) in [6, 6.07) is 10.0. The van der Waals surface area contributed by atoms with E-state index in [0.717, 1.165) is 0 Å². The Morgan fingerprint density at radius 3 is 2.81 bits per heavy atom. The molecule has 0 bridgehead atoms. The minimum Gasteiger partial charge on any atom is -0.382 e. The average Bonchev–Trinajstić information content (AvgIpc) is 2.62. The number of nitrogens with two attached hydrogens (primary N) is 1. The fourth-order valence-corrected chi connectivity index (χ4v) is 2.63. The topological polar surface area (TPSA) is 148 Å². The summed E-state index contributed by atoms with van der Waals surface area (Å²) >= 11 is 5.88. The average molecular weight is 374 g/mol. The summed E-state index contributed by atoms with van der Waals surface area (Å²) < 4.78 is 0. The summed E-state index contributed by atoms with van der Waals surface area (Å²) in [5.74, 6) is 5.36. The van der Waals surface area contributed by atoms with Crippen molar-refractivity contribution in [3.63, 3.8) is 0 Å². The van der Waals surface area contributed by atoms with Crippen molar-refractivity contribution in [2.45, 2.75) is 6.10 Å². The second-order valence-electron chi connectivity index (χ2n) is 5.34. The fourth-order valence-electron chi connectivity index (χ4n) is 2.46. The highest BCUT2D eigenvalue weighted by molar-refractivity contribution is 6.31. The number of aromatic nitrogens is 2. The van der Waals surface area contributed by atoms with E-state index < -0.39 is 16.6 Å². The van der Waals surface area contributed by atoms with E-state index in [1.54, 1.807) is 12.1 Å². The van der Waals surface area contributed by atoms with Crippen molar-refractivity contribution < 1.29 is 10.0 Å². The molecule has 132 valence electrons. The summed E-state index contributed by atoms with van der Waals surface area (Å²) in [5, 5.41) is 25.3. The van der Waals surface area contributed by atoms with Gasteiger partial charge >= 0.3 is 0 Å². The van der Waals surface area contributed by atoms with Crippen molar-refractivity contribution in [2.24, 2.45) is 10.9 Å². The van der Waals surface area contributed by atoms with Gasteiger partial charge in [-0.1, -0.05) is 23.7 Å². The lowest BCUT2D eigenvalue weighted by atomic mass is 10.0. The molecule has 10 heteroatoms. The molecular weight excluding hydrogens is 362 g/mol. The lowest BCUT2D eigenvalue weighted by Gasteiger charge is -2.13. The third-order valence-corrected chi connectivity index (χ3v) is 3.93. The third-order valence-electron chi connectivity index (χ3n) is 3.69. The number of nitrogens with one attached hydrogen (secondary N) is 1. The summed E-state index contributed by atoms with van der Waals surface area (Å²) in [7, 11) is 0. The number of aromatic amines is 1. The predicted molar refractivity (Wildman–Crippen MR) is 96.2 cm³/mol. The van der Waals surface area contributed by atoms with Crippen molar-refractivity contribution >= 4 is 34.0 Å². The summed E-state index contributed by atoms with van der Waals surface area (Å²) in [4.78, 5) is 29.4. The maximum atomic E-state index is 12.3. The van der Waals surface area contributed by atoms with Crippen molar-refractivity contribution in [1.82, 2.24) is 9.97 Å². The number of nitrogens with zero attached hydrogens (tertiary/aromatic N) is 3. The summed E-state index contributed by atoms with van der Waals surface area (Å²) in [5.41, 5.74) is -0.282. The van der Waals surface area contributed by atoms with Crippen LogP contribution in [0.3, 0.4) is 0 Å². The smallest absolute Gasteiger partial charge is 0.276 e. The van der Waals surface area contributed by atoms with Crippen LogP contribution in [-0.2, 0) is 0 Å². The van der Waals surface area contributed by atoms with Gasteiger partial charge in [0.25, 0.3) is 11.2 Å². The number of fused-ring (bicyclic) bond motifs is 1. The zero-order valence-electron chi connectivity index (χ0n) is 13.1. The van der Waals surface area contributed by atoms with Gasteiger partial charge in [0.1, 0.15) is 11.8 Å². The van der Waals surface area contributed by atoms with E-state index in [9.17, 15) is 20.0 Å². The van der Waals surface area contributed by atoms with Crippen molar-refractivity contribution in [3.05, 3.63) is 79.2 Å². The zero-order valence-corrected chi connectivity index (χ0v) is 13.8. The van der Waals surface area contributed by atoms with Gasteiger partial charge in [0.2, 0.25) is 0 Å². The molecule has 1 aromatic heterocycles. The number of aliphatic hydroxyl groups excluding tert-OH is 1. The van der Waals surface area contributed by atoms with Crippen molar-refractivity contribution in [1.29, 1.82) is 0 Å². The number of non-ortho nitro benzene ring substituents is 1. The highest BCUT2D eigenvalue weighted by Gasteiger charge is 2.23. The summed E-state index contributed by atoms with van der Waals surface area (Å²) in [6.45, 7) is 0. The molecule has 0 aliphatic rings. The third kappa shape index (κ3) is 3.25. The first kappa shape index (κ1) is 17.5. The number of nitro groups is 1. The zero-order chi connectivity index (χ0) is 18.8. The van der Waals surface area contributed by atoms with Gasteiger partial charge in [-0.15, -0.1) is 0 Å². The van der Waals surface area contributed by atoms with Crippen LogP contribution in [0.15, 0.2) is 52.4 Å². The van der Waals surface area contributed by atoms with Crippen LogP contribution < -0.4 is 11.4 Å². The number of nitro benzene ring substituents is 1. The first-order valence-electron chi connectivity index (χ1n) is 7.31. The molecule has 1 unspecified atom stereocenters. The molecule has 0 radical (unpaired) electrons. The van der Waals surface area contributed by atoms with E-state index in [-0.39, 0.29) is 22.7 Å². The molecule has 0 aliphatic carbocycles. The molecule has 0 fully saturated rings. The van der Waals surface area contributed by atoms with Crippen molar-refractivity contribution in [3.8, 4) is 0 Å². The Hall–Kier alpha value is -3.30. The molecule has 2 aromatic carbocycles. The van der Waals surface area contributed by atoms with Crippen LogP contribution in [0.2, 0.25) is 5.02 Å². The summed E-state index contributed by atoms with van der Waals surface area (Å²) in [6.07, 6.45) is -1.47. The van der Waals surface area contributed by atoms with Crippen LogP contribution in [0.25, 0.3) is 11.0 Å². The minimum absolute atomic E-state index is 0.154. The van der Waals surface area contributed by atoms with Crippen molar-refractivity contribution in [2.75, 3.05) is 0 Å². The molecule has 0 aliphatic heterocycles. The number of halogens is 1. The predicted octanol–water partition coefficient (Wildman–Crippen LogP) is 1.88. The van der Waals surface area contributed by atoms with Gasteiger partial charge < -0.3 is 15.9 Å². The molecule has 3 rings (SSSR count). The molecule has 0 amide bonds. The monoisotopic (exact) mass is 373 g/mol. The molecule has 1 atom stereocenters. The van der Waals surface area contributed by atoms with Gasteiger partial charge in [-0.3, -0.25) is 14.9 Å². The van der Waals surface area contributed by atoms with Gasteiger partial charge in [-0.25, -0.2) is 4.98 Å². The Bertz CT molecular complexity index is 1100. The Labute approximate surface area is 150 Å². The van der Waals surface area contributed by atoms with Crippen LogP contribution in [0.4, 0.5) is 5.69 Å². The van der Waals surface area contributed by atoms with Gasteiger partial charge in [-0.05, 0) is 23.8 Å². The van der Waals surface area contributed by atoms with Crippen LogP contribution >= 0.6 is 11.6 Å². The number of aliphatic hydroxyl groups is 1. The lowest BCUT2D eigenvalue weighted by molar-refractivity contribution is -0.385. The molecule has 26 heavy (non-hydrogen) atoms. The Morgan fingerprint density at radius 2 is 2.12 bits per heavy atom. The highest BCUT2D eigenvalue weighted by Crippen LogP contribution is 2.22. The Kier molecular flexibility index (Phi) is 4.65. The molecular formula is C16H12ClN5O4. The number of H-pyrrole nitrogens is 1. The normalized spacial score (nSPS) is 12.9. The maximum absolute atomic E-state index is 12.3. The Morgan fingerprint density at radius 1 is 1.35 bits per heavy atom. The van der Waals surface area contributed by atoms with E-state index in [0.29, 0.717) is 16.1 Å². The molecule has 0 saturated carbocycles. The van der Waals surface area contributed by atoms with E-state index in [2.05, 4.69) is 15.1 Å². The number of hydrogen-bond donors (Lipinski definition) is 3. The second-order valence-corrected chi connectivity index (χ2v) is 5.78. The van der Waals surface area contributed by atoms with Gasteiger partial charge in [0, 0.05) is 17.2 Å². The lowest BCUT2D eigenvalue weighted by Crippen LogP contribution is -2.26. The molecule has 0 saturated heterocycles. The second kappa shape index (κ2) is 6.90. The van der Waals surface area contributed by atoms with Crippen LogP contribution in [-0.4, -0.2) is 25.7 Å². The molecule has 9 nitrogen and oxygen atoms in total. The molecule has 3 aromatic rings. The van der Waals surface area contributed by atoms with Gasteiger partial charge in [-0.2, -0.15) is 5.10 Å². The van der Waals surface area contributed by atoms with Gasteiger partial charge in [0.05, 0.1) is 16.0 Å². The number of hydrazone groups is 1. The number of rotatable bonds is 4. The molecule has 1 heterocycles. The largest absolute Gasteiger partial charge is 0.382 e. The Balaban J connectivity index is 2.09. The molecule has 4 N–H and O–H groups in total. The van der Waals surface area contributed by atoms with E-state index in [4.69, 9.17) is 17.4 Å². The molecule has 0 spiro atoms. The maximum Gasteiger partial charge on any atom is 0.276 e. The van der Waals surface area contributed by atoms with Crippen LogP contribution in [0, 0.1) is 10.1 Å². The van der Waals surface area contributed by atoms with E-state index in [1.165, 1.54) is 30.3 Å². The SMILES string of the molecule is NN=C(c1nc2ccc(Cl)cc2[nH]c1=O)C(O)c1cccc([N+](=O)[O-])c1. The van der Waals surface area contributed by atoms with Crippen LogP contribution in [0.5, 0.6) is 0 Å².